The number of carbonyl (C=O) groups is 1. The van der Waals surface area contributed by atoms with Crippen LogP contribution in [0.2, 0.25) is 0 Å². The van der Waals surface area contributed by atoms with Crippen molar-refractivity contribution in [2.75, 3.05) is 0 Å². The molecule has 0 aliphatic heterocycles. The zero-order valence-corrected chi connectivity index (χ0v) is 17.8. The summed E-state index contributed by atoms with van der Waals surface area (Å²) in [5.41, 5.74) is 2.69. The molecule has 3 aromatic rings. The van der Waals surface area contributed by atoms with E-state index in [0.29, 0.717) is 24.3 Å². The SMILES string of the molecule is Cc1ccc(-c2noc(C)c2COc2ccc(C(=O)N[C@@H]3CC[C@](C)(O)C3)nn2)cn1. The number of carbonyl (C=O) groups excluding carboxylic acids is 1. The topological polar surface area (TPSA) is 123 Å². The van der Waals surface area contributed by atoms with Crippen LogP contribution in [0.25, 0.3) is 11.3 Å². The number of aliphatic hydroxyl groups is 1. The summed E-state index contributed by atoms with van der Waals surface area (Å²) in [6.07, 6.45) is 3.68. The molecule has 2 N–H and O–H groups in total. The molecule has 0 bridgehead atoms. The zero-order chi connectivity index (χ0) is 22.0. The van der Waals surface area contributed by atoms with Gasteiger partial charge in [0, 0.05) is 29.6 Å². The van der Waals surface area contributed by atoms with Crippen LogP contribution in [0.15, 0.2) is 35.0 Å². The monoisotopic (exact) mass is 423 g/mol. The summed E-state index contributed by atoms with van der Waals surface area (Å²) >= 11 is 0. The van der Waals surface area contributed by atoms with Gasteiger partial charge in [-0.3, -0.25) is 9.78 Å². The van der Waals surface area contributed by atoms with Crippen molar-refractivity contribution < 1.29 is 19.2 Å². The quantitative estimate of drug-likeness (QED) is 0.620. The van der Waals surface area contributed by atoms with Crippen LogP contribution < -0.4 is 10.1 Å². The maximum Gasteiger partial charge on any atom is 0.272 e. The molecule has 1 saturated carbocycles. The van der Waals surface area contributed by atoms with Gasteiger partial charge < -0.3 is 19.7 Å². The van der Waals surface area contributed by atoms with Crippen molar-refractivity contribution in [3.63, 3.8) is 0 Å². The third-order valence-electron chi connectivity index (χ3n) is 5.46. The van der Waals surface area contributed by atoms with Crippen LogP contribution in [0.1, 0.15) is 53.7 Å². The Morgan fingerprint density at radius 2 is 2.13 bits per heavy atom. The Balaban J connectivity index is 1.39. The van der Waals surface area contributed by atoms with Gasteiger partial charge in [0.1, 0.15) is 18.1 Å². The highest BCUT2D eigenvalue weighted by molar-refractivity contribution is 5.92. The van der Waals surface area contributed by atoms with E-state index < -0.39 is 5.60 Å². The molecule has 0 unspecified atom stereocenters. The minimum absolute atomic E-state index is 0.0634. The van der Waals surface area contributed by atoms with Gasteiger partial charge in [0.2, 0.25) is 5.88 Å². The minimum Gasteiger partial charge on any atom is -0.472 e. The second-order valence-corrected chi connectivity index (χ2v) is 8.21. The Kier molecular flexibility index (Phi) is 5.69. The molecule has 0 spiro atoms. The van der Waals surface area contributed by atoms with Crippen molar-refractivity contribution >= 4 is 5.91 Å². The van der Waals surface area contributed by atoms with Crippen LogP contribution in [0.4, 0.5) is 0 Å². The molecule has 9 nitrogen and oxygen atoms in total. The third kappa shape index (κ3) is 4.88. The lowest BCUT2D eigenvalue weighted by Crippen LogP contribution is -2.35. The van der Waals surface area contributed by atoms with Gasteiger partial charge in [-0.1, -0.05) is 5.16 Å². The molecule has 9 heteroatoms. The average molecular weight is 423 g/mol. The lowest BCUT2D eigenvalue weighted by atomic mass is 10.1. The van der Waals surface area contributed by atoms with Crippen LogP contribution >= 0.6 is 0 Å². The van der Waals surface area contributed by atoms with Crippen LogP contribution in [0.3, 0.4) is 0 Å². The minimum atomic E-state index is -0.727. The van der Waals surface area contributed by atoms with Crippen molar-refractivity contribution in [2.24, 2.45) is 0 Å². The van der Waals surface area contributed by atoms with E-state index in [1.807, 2.05) is 26.0 Å². The van der Waals surface area contributed by atoms with Gasteiger partial charge in [-0.15, -0.1) is 10.2 Å². The van der Waals surface area contributed by atoms with Crippen molar-refractivity contribution in [3.8, 4) is 17.1 Å². The van der Waals surface area contributed by atoms with Gasteiger partial charge in [-0.25, -0.2) is 0 Å². The van der Waals surface area contributed by atoms with Crippen LogP contribution in [0, 0.1) is 13.8 Å². The predicted molar refractivity (Wildman–Crippen MR) is 111 cm³/mol. The maximum absolute atomic E-state index is 12.4. The summed E-state index contributed by atoms with van der Waals surface area (Å²) in [5.74, 6) is 0.617. The molecule has 1 aliphatic carbocycles. The molecule has 4 rings (SSSR count). The van der Waals surface area contributed by atoms with E-state index in [4.69, 9.17) is 9.26 Å². The molecule has 31 heavy (non-hydrogen) atoms. The first kappa shape index (κ1) is 20.9. The first-order valence-electron chi connectivity index (χ1n) is 10.2. The number of nitrogens with zero attached hydrogens (tertiary/aromatic N) is 4. The summed E-state index contributed by atoms with van der Waals surface area (Å²) in [6, 6.07) is 6.94. The third-order valence-corrected chi connectivity index (χ3v) is 5.46. The second-order valence-electron chi connectivity index (χ2n) is 8.21. The number of hydrogen-bond donors (Lipinski definition) is 2. The Hall–Kier alpha value is -3.33. The summed E-state index contributed by atoms with van der Waals surface area (Å²) in [6.45, 7) is 5.71. The molecular formula is C22H25N5O4. The van der Waals surface area contributed by atoms with Crippen molar-refractivity contribution in [1.82, 2.24) is 25.7 Å². The Labute approximate surface area is 179 Å². The summed E-state index contributed by atoms with van der Waals surface area (Å²) in [5, 5.41) is 25.0. The first-order chi connectivity index (χ1) is 14.8. The van der Waals surface area contributed by atoms with E-state index >= 15 is 0 Å². The highest BCUT2D eigenvalue weighted by Crippen LogP contribution is 2.29. The largest absolute Gasteiger partial charge is 0.472 e. The molecular weight excluding hydrogens is 398 g/mol. The van der Waals surface area contributed by atoms with Gasteiger partial charge in [0.15, 0.2) is 5.69 Å². The van der Waals surface area contributed by atoms with E-state index in [-0.39, 0.29) is 30.1 Å². The normalized spacial score (nSPS) is 20.6. The molecule has 1 amide bonds. The number of ether oxygens (including phenoxy) is 1. The summed E-state index contributed by atoms with van der Waals surface area (Å²) in [4.78, 5) is 16.7. The fraction of sp³-hybridized carbons (Fsp3) is 0.409. The van der Waals surface area contributed by atoms with Gasteiger partial charge in [-0.05, 0) is 58.2 Å². The number of amides is 1. The molecule has 0 radical (unpaired) electrons. The predicted octanol–water partition coefficient (Wildman–Crippen LogP) is 2.76. The number of hydrogen-bond acceptors (Lipinski definition) is 8. The number of nitrogens with one attached hydrogen (secondary N) is 1. The lowest BCUT2D eigenvalue weighted by molar-refractivity contribution is 0.0647. The molecule has 0 saturated heterocycles. The Morgan fingerprint density at radius 1 is 1.29 bits per heavy atom. The molecule has 1 fully saturated rings. The van der Waals surface area contributed by atoms with Crippen molar-refractivity contribution in [3.05, 3.63) is 53.2 Å². The van der Waals surface area contributed by atoms with E-state index in [1.54, 1.807) is 25.3 Å². The Morgan fingerprint density at radius 3 is 2.77 bits per heavy atom. The fourth-order valence-electron chi connectivity index (χ4n) is 3.66. The molecule has 2 atom stereocenters. The lowest BCUT2D eigenvalue weighted by Gasteiger charge is -2.16. The molecule has 1 aliphatic rings. The maximum atomic E-state index is 12.4. The number of rotatable bonds is 6. The number of aryl methyl sites for hydroxylation is 2. The molecule has 3 heterocycles. The smallest absolute Gasteiger partial charge is 0.272 e. The highest BCUT2D eigenvalue weighted by Gasteiger charge is 2.34. The van der Waals surface area contributed by atoms with E-state index in [1.165, 1.54) is 0 Å². The number of pyridine rings is 1. The van der Waals surface area contributed by atoms with Crippen LogP contribution in [-0.2, 0) is 6.61 Å². The second kappa shape index (κ2) is 8.43. The van der Waals surface area contributed by atoms with Crippen LogP contribution in [0.5, 0.6) is 5.88 Å². The Bertz CT molecular complexity index is 1060. The van der Waals surface area contributed by atoms with Crippen molar-refractivity contribution in [1.29, 1.82) is 0 Å². The van der Waals surface area contributed by atoms with Gasteiger partial charge in [-0.2, -0.15) is 0 Å². The summed E-state index contributed by atoms with van der Waals surface area (Å²) < 4.78 is 11.1. The zero-order valence-electron chi connectivity index (χ0n) is 17.8. The summed E-state index contributed by atoms with van der Waals surface area (Å²) in [7, 11) is 0. The van der Waals surface area contributed by atoms with Crippen molar-refractivity contribution in [2.45, 2.75) is 58.3 Å². The van der Waals surface area contributed by atoms with Gasteiger partial charge in [0.25, 0.3) is 5.91 Å². The van der Waals surface area contributed by atoms with Gasteiger partial charge >= 0.3 is 0 Å². The highest BCUT2D eigenvalue weighted by atomic mass is 16.5. The van der Waals surface area contributed by atoms with E-state index in [2.05, 4.69) is 25.7 Å². The fourth-order valence-corrected chi connectivity index (χ4v) is 3.66. The van der Waals surface area contributed by atoms with E-state index in [9.17, 15) is 9.90 Å². The number of aromatic nitrogens is 4. The van der Waals surface area contributed by atoms with E-state index in [0.717, 1.165) is 23.2 Å². The molecule has 3 aromatic heterocycles. The molecule has 0 aromatic carbocycles. The standard InChI is InChI=1S/C22H25N5O4/c1-13-4-5-15(11-23-13)20-17(14(2)31-27-20)12-30-19-7-6-18(25-26-19)21(28)24-16-8-9-22(3,29)10-16/h4-7,11,16,29H,8-10,12H2,1-3H3,(H,24,28)/t16-,22+/m1/s1. The van der Waals surface area contributed by atoms with Crippen LogP contribution in [-0.4, -0.2) is 43.0 Å². The average Bonchev–Trinajstić information content (AvgIpc) is 3.28. The molecule has 162 valence electrons. The first-order valence-corrected chi connectivity index (χ1v) is 10.2. The van der Waals surface area contributed by atoms with Gasteiger partial charge in [0.05, 0.1) is 11.2 Å².